The Labute approximate surface area is 328 Å². The Morgan fingerprint density at radius 2 is 0.415 bits per heavy atom. The first-order chi connectivity index (χ1) is 25.4. The zero-order chi connectivity index (χ0) is 40.4. The van der Waals surface area contributed by atoms with Crippen molar-refractivity contribution in [2.45, 2.75) is 219 Å². The number of unbranched alkanes of at least 4 members (excludes halogenated alkanes) is 30. The van der Waals surface area contributed by atoms with Crippen LogP contribution in [0.3, 0.4) is 0 Å². The van der Waals surface area contributed by atoms with Crippen LogP contribution in [-0.2, 0) is 0 Å². The average Bonchev–Trinajstić information content (AvgIpc) is 3.12. The quantitative estimate of drug-likeness (QED) is 0.0212. The molecule has 0 saturated carbocycles. The molecule has 0 aliphatic heterocycles. The van der Waals surface area contributed by atoms with Crippen LogP contribution in [0.2, 0.25) is 0 Å². The fourth-order valence-electron chi connectivity index (χ4n) is 6.12. The molecule has 0 bridgehead atoms. The van der Waals surface area contributed by atoms with E-state index in [0.29, 0.717) is 0 Å². The Kier molecular flexibility index (Phi) is 47.5. The van der Waals surface area contributed by atoms with E-state index in [1.807, 2.05) is 0 Å². The van der Waals surface area contributed by atoms with Gasteiger partial charge in [-0.15, -0.1) is 0 Å². The molecule has 0 spiro atoms. The normalized spacial score (nSPS) is 12.6. The van der Waals surface area contributed by atoms with Gasteiger partial charge in [-0.3, -0.25) is 0 Å². The largest absolute Gasteiger partial charge is 0.396 e. The van der Waals surface area contributed by atoms with Crippen LogP contribution in [0.15, 0.2) is 0 Å². The monoisotopic (exact) mass is 809 g/mol. The summed E-state index contributed by atoms with van der Waals surface area (Å²) in [5, 5.41) is 34.0. The second-order valence-corrected chi connectivity index (χ2v) is 19.9. The van der Waals surface area contributed by atoms with Gasteiger partial charge in [0.15, 0.2) is 0 Å². The summed E-state index contributed by atoms with van der Waals surface area (Å²) in [4.78, 5) is 53.3. The van der Waals surface area contributed by atoms with Gasteiger partial charge < -0.3 is 20.4 Å². The van der Waals surface area contributed by atoms with Crippen molar-refractivity contribution in [3.63, 3.8) is 0 Å². The van der Waals surface area contributed by atoms with Crippen LogP contribution in [0.1, 0.15) is 219 Å². The van der Waals surface area contributed by atoms with E-state index in [-0.39, 0.29) is 12.3 Å². The molecule has 0 aromatic rings. The summed E-state index contributed by atoms with van der Waals surface area (Å²) in [6.07, 6.45) is 42.1. The topological polar surface area (TPSA) is 202 Å². The molecular weight excluding hydrogens is 714 g/mol. The van der Waals surface area contributed by atoms with Gasteiger partial charge in [0.2, 0.25) is 0 Å². The Balaban J connectivity index is -0.000000768. The van der Waals surface area contributed by atoms with Gasteiger partial charge in [-0.1, -0.05) is 78.1 Å². The maximum atomic E-state index is 8.88. The summed E-state index contributed by atoms with van der Waals surface area (Å²) in [7, 11) is -7.53. The minimum absolute atomic E-state index is 0.200. The molecule has 0 atom stereocenters. The first-order valence-electron chi connectivity index (χ1n) is 22.1. The third-order valence-electron chi connectivity index (χ3n) is 10.1. The molecule has 0 amide bonds. The number of aliphatic hydroxyl groups excluding tert-OH is 4. The van der Waals surface area contributed by atoms with Crippen LogP contribution >= 0.6 is 15.9 Å². The van der Waals surface area contributed by atoms with Gasteiger partial charge in [0.25, 0.3) is 0 Å². The molecule has 0 aromatic heterocycles. The van der Waals surface area contributed by atoms with Crippen molar-refractivity contribution in [2.75, 3.05) is 38.8 Å². The van der Waals surface area contributed by atoms with Gasteiger partial charge >= 0.3 is 199 Å². The molecule has 12 heteroatoms. The van der Waals surface area contributed by atoms with E-state index in [9.17, 15) is 0 Å². The molecular formula is C41H94O10P2. The molecule has 10 N–H and O–H groups in total. The van der Waals surface area contributed by atoms with Crippen LogP contribution in [0.25, 0.3) is 0 Å². The van der Waals surface area contributed by atoms with Gasteiger partial charge in [0.05, 0.1) is 31.8 Å². The smallest absolute Gasteiger partial charge is 0.0627 e. The first-order valence-corrected chi connectivity index (χ1v) is 26.2. The van der Waals surface area contributed by atoms with Crippen molar-refractivity contribution in [2.24, 2.45) is 5.41 Å². The zero-order valence-electron chi connectivity index (χ0n) is 34.8. The van der Waals surface area contributed by atoms with Crippen molar-refractivity contribution in [1.82, 2.24) is 0 Å². The number of rotatable bonds is 38. The molecule has 53 heavy (non-hydrogen) atoms. The van der Waals surface area contributed by atoms with E-state index in [0.717, 1.165) is 38.5 Å². The summed E-state index contributed by atoms with van der Waals surface area (Å²) >= 11 is 0. The van der Waals surface area contributed by atoms with E-state index in [2.05, 4.69) is 13.8 Å². The van der Waals surface area contributed by atoms with Crippen LogP contribution < -0.4 is 0 Å². The predicted molar refractivity (Wildman–Crippen MR) is 230 cm³/mol. The molecule has 0 aliphatic rings. The fourth-order valence-corrected chi connectivity index (χ4v) is 7.57. The number of aliphatic hydroxyl groups is 4. The van der Waals surface area contributed by atoms with Crippen LogP contribution in [0, 0.1) is 5.41 Å². The second kappa shape index (κ2) is 43.6. The van der Waals surface area contributed by atoms with E-state index >= 15 is 0 Å². The molecule has 0 unspecified atom stereocenters. The maximum absolute atomic E-state index is 8.88. The summed E-state index contributed by atoms with van der Waals surface area (Å²) < 4.78 is 0. The third kappa shape index (κ3) is 52.5. The first kappa shape index (κ1) is 57.8. The average molecular weight is 809 g/mol. The van der Waals surface area contributed by atoms with Gasteiger partial charge in [-0.05, 0) is 0 Å². The molecule has 328 valence electrons. The van der Waals surface area contributed by atoms with Crippen molar-refractivity contribution in [3.05, 3.63) is 0 Å². The second-order valence-electron chi connectivity index (χ2n) is 15.8. The zero-order valence-corrected chi connectivity index (χ0v) is 36.8. The molecule has 0 heterocycles. The summed E-state index contributed by atoms with van der Waals surface area (Å²) in [5.41, 5.74) is -1.11. The molecule has 0 fully saturated rings. The maximum Gasteiger partial charge on any atom is 0.0627 e. The summed E-state index contributed by atoms with van der Waals surface area (Å²) in [5.74, 6) is 0. The summed E-state index contributed by atoms with van der Waals surface area (Å²) in [6.45, 7) is 2.91. The molecule has 0 aliphatic carbocycles. The summed E-state index contributed by atoms with van der Waals surface area (Å²) in [6, 6.07) is 0. The molecule has 0 rings (SSSR count). The molecule has 0 saturated heterocycles. The van der Waals surface area contributed by atoms with Crippen molar-refractivity contribution in [3.8, 4) is 0 Å². The van der Waals surface area contributed by atoms with Crippen molar-refractivity contribution in [1.29, 1.82) is 0 Å². The standard InChI is InChI=1S/2C18H41O3P.C5H12O4/c2*1-2-3-4-5-6-7-8-9-10-11-12-13-14-15-16-17-18-22(19,20)21;6-1-5(2-7,3-8)4-9/h2*19-22H,2-18H2,1H3;6-9H,1-4H2. The molecule has 0 aromatic carbocycles. The van der Waals surface area contributed by atoms with Gasteiger partial charge in [0, 0.05) is 0 Å². The van der Waals surface area contributed by atoms with Crippen molar-refractivity contribution >= 4 is 15.9 Å². The van der Waals surface area contributed by atoms with Gasteiger partial charge in [-0.25, -0.2) is 0 Å². The van der Waals surface area contributed by atoms with E-state index in [1.54, 1.807) is 0 Å². The SMILES string of the molecule is CCCCCCCCCCCCCCCCCC[PH](O)(O)O.CCCCCCCCCCCCCCCCCC[PH](O)(O)O.OCC(CO)(CO)CO. The van der Waals surface area contributed by atoms with Crippen LogP contribution in [-0.4, -0.2) is 88.5 Å². The Hall–Kier alpha value is 0.460. The molecule has 10 nitrogen and oxygen atoms in total. The number of hydrogen-bond donors (Lipinski definition) is 10. The van der Waals surface area contributed by atoms with Crippen LogP contribution in [0.4, 0.5) is 0 Å². The third-order valence-corrected chi connectivity index (χ3v) is 12.1. The minimum atomic E-state index is -3.76. The predicted octanol–water partition coefficient (Wildman–Crippen LogP) is 9.38. The Morgan fingerprint density at radius 3 is 0.528 bits per heavy atom. The van der Waals surface area contributed by atoms with Gasteiger partial charge in [-0.2, -0.15) is 0 Å². The van der Waals surface area contributed by atoms with Crippen LogP contribution in [0.5, 0.6) is 0 Å². The van der Waals surface area contributed by atoms with Gasteiger partial charge in [0.1, 0.15) is 0 Å². The van der Waals surface area contributed by atoms with E-state index in [4.69, 9.17) is 49.8 Å². The fraction of sp³-hybridized carbons (Fsp3) is 1.00. The van der Waals surface area contributed by atoms with E-state index < -0.39 is 47.7 Å². The Morgan fingerprint density at radius 1 is 0.264 bits per heavy atom. The van der Waals surface area contributed by atoms with E-state index in [1.165, 1.54) is 167 Å². The number of hydrogen-bond acceptors (Lipinski definition) is 10. The Bertz CT molecular complexity index is 611. The minimum Gasteiger partial charge on any atom is -0.396 e. The molecule has 0 radical (unpaired) electrons. The van der Waals surface area contributed by atoms with Crippen molar-refractivity contribution < 1.29 is 49.8 Å².